The van der Waals surface area contributed by atoms with E-state index in [1.807, 2.05) is 0 Å². The molecule has 0 bridgehead atoms. The minimum Gasteiger partial charge on any atom is -0.504 e. The first kappa shape index (κ1) is 40.6. The molecular formula is C33H37NO13. The highest BCUT2D eigenvalue weighted by Crippen LogP contribution is 2.30. The molecule has 14 nitrogen and oxygen atoms in total. The van der Waals surface area contributed by atoms with Gasteiger partial charge in [-0.15, -0.1) is 0 Å². The van der Waals surface area contributed by atoms with E-state index in [2.05, 4.69) is 4.74 Å². The first-order valence-electron chi connectivity index (χ1n) is 13.1. The number of ketones is 2. The van der Waals surface area contributed by atoms with Crippen LogP contribution in [0.15, 0.2) is 72.8 Å². The quantitative estimate of drug-likeness (QED) is 0.0802. The van der Waals surface area contributed by atoms with E-state index in [1.54, 1.807) is 6.92 Å². The summed E-state index contributed by atoms with van der Waals surface area (Å²) in [5, 5.41) is 72.3. The van der Waals surface area contributed by atoms with Crippen LogP contribution in [0.25, 0.3) is 0 Å². The Morgan fingerprint density at radius 1 is 0.532 bits per heavy atom. The number of para-hydroxylation sites is 4. The van der Waals surface area contributed by atoms with Gasteiger partial charge in [-0.2, -0.15) is 0 Å². The lowest BCUT2D eigenvalue weighted by atomic mass is 10.1. The zero-order chi connectivity index (χ0) is 35.1. The van der Waals surface area contributed by atoms with Crippen LogP contribution in [-0.4, -0.2) is 70.9 Å². The van der Waals surface area contributed by atoms with Gasteiger partial charge in [0.2, 0.25) is 0 Å². The van der Waals surface area contributed by atoms with Gasteiger partial charge in [-0.1, -0.05) is 31.7 Å². The number of hydrogen-bond acceptors (Lipinski definition) is 13. The standard InChI is InChI=1S/C9H10O4.2C8H8O3.C7H7NO3.CH4/c1-2-13-9(12)6-4-3-5-7(10)8(6)11;2*1-5(9)6-3-2-4-7(10)8(6)11;8-7(11)4-2-1-3-5(9)6(4)10;/h3-5,10-11H,2H2,1H3;2*2-4,10-11H,1H3;1-3,9-10H,(H2,8,11);1H4. The van der Waals surface area contributed by atoms with E-state index in [0.29, 0.717) is 0 Å². The smallest absolute Gasteiger partial charge is 0.342 e. The fourth-order valence-corrected chi connectivity index (χ4v) is 3.27. The number of Topliss-reactive ketones (excluding diaryl/α,β-unsaturated/α-hetero) is 2. The van der Waals surface area contributed by atoms with Crippen molar-refractivity contribution in [2.45, 2.75) is 28.2 Å². The Labute approximate surface area is 269 Å². The molecule has 4 rings (SSSR count). The van der Waals surface area contributed by atoms with Crippen LogP contribution in [0.3, 0.4) is 0 Å². The molecule has 0 aliphatic heterocycles. The highest BCUT2D eigenvalue weighted by Gasteiger charge is 2.14. The van der Waals surface area contributed by atoms with Gasteiger partial charge in [-0.05, 0) is 69.3 Å². The third kappa shape index (κ3) is 11.9. The molecule has 0 spiro atoms. The number of hydrogen-bond donors (Lipinski definition) is 9. The van der Waals surface area contributed by atoms with Crippen molar-refractivity contribution in [2.75, 3.05) is 6.61 Å². The van der Waals surface area contributed by atoms with Crippen molar-refractivity contribution in [2.24, 2.45) is 5.73 Å². The predicted molar refractivity (Wildman–Crippen MR) is 170 cm³/mol. The molecule has 0 saturated heterocycles. The van der Waals surface area contributed by atoms with Crippen LogP contribution in [0.1, 0.15) is 69.6 Å². The number of aromatic hydroxyl groups is 8. The number of amides is 1. The maximum Gasteiger partial charge on any atom is 0.342 e. The number of phenolic OH excluding ortho intramolecular Hbond substituents is 7. The van der Waals surface area contributed by atoms with Crippen molar-refractivity contribution in [3.63, 3.8) is 0 Å². The van der Waals surface area contributed by atoms with Crippen LogP contribution < -0.4 is 5.73 Å². The van der Waals surface area contributed by atoms with Crippen molar-refractivity contribution in [3.05, 3.63) is 95.1 Å². The average molecular weight is 656 g/mol. The summed E-state index contributed by atoms with van der Waals surface area (Å²) in [4.78, 5) is 43.1. The Bertz CT molecular complexity index is 1550. The third-order valence-corrected chi connectivity index (χ3v) is 5.58. The van der Waals surface area contributed by atoms with E-state index in [4.69, 9.17) is 41.5 Å². The van der Waals surface area contributed by atoms with Gasteiger partial charge in [0.1, 0.15) is 5.56 Å². The second kappa shape index (κ2) is 19.1. The number of esters is 1. The molecule has 10 N–H and O–H groups in total. The molecule has 0 aromatic heterocycles. The van der Waals surface area contributed by atoms with E-state index in [-0.39, 0.29) is 82.4 Å². The highest BCUT2D eigenvalue weighted by atomic mass is 16.5. The monoisotopic (exact) mass is 655 g/mol. The number of primary amides is 1. The van der Waals surface area contributed by atoms with Gasteiger partial charge >= 0.3 is 5.97 Å². The van der Waals surface area contributed by atoms with Crippen molar-refractivity contribution < 1.29 is 64.8 Å². The number of nitrogens with two attached hydrogens (primary N) is 1. The van der Waals surface area contributed by atoms with Gasteiger partial charge in [-0.3, -0.25) is 14.4 Å². The fourth-order valence-electron chi connectivity index (χ4n) is 3.27. The van der Waals surface area contributed by atoms with Crippen molar-refractivity contribution >= 4 is 23.4 Å². The summed E-state index contributed by atoms with van der Waals surface area (Å²) in [6.07, 6.45) is 0. The molecule has 47 heavy (non-hydrogen) atoms. The molecule has 1 amide bonds. The first-order valence-corrected chi connectivity index (χ1v) is 13.1. The van der Waals surface area contributed by atoms with Crippen molar-refractivity contribution in [1.82, 2.24) is 0 Å². The van der Waals surface area contributed by atoms with E-state index < -0.39 is 23.4 Å². The summed E-state index contributed by atoms with van der Waals surface area (Å²) >= 11 is 0. The van der Waals surface area contributed by atoms with E-state index >= 15 is 0 Å². The first-order chi connectivity index (χ1) is 21.5. The van der Waals surface area contributed by atoms with Crippen LogP contribution in [0.5, 0.6) is 46.0 Å². The zero-order valence-corrected chi connectivity index (χ0v) is 24.8. The summed E-state index contributed by atoms with van der Waals surface area (Å²) in [5.74, 6) is -4.76. The maximum absolute atomic E-state index is 11.1. The molecule has 0 heterocycles. The minimum absolute atomic E-state index is 0. The van der Waals surface area contributed by atoms with Gasteiger partial charge in [-0.25, -0.2) is 4.79 Å². The predicted octanol–water partition coefficient (Wildman–Crippen LogP) is 4.71. The molecule has 14 heteroatoms. The van der Waals surface area contributed by atoms with E-state index in [0.717, 1.165) is 0 Å². The second-order valence-electron chi connectivity index (χ2n) is 8.89. The Kier molecular flexibility index (Phi) is 16.4. The van der Waals surface area contributed by atoms with E-state index in [1.165, 1.54) is 86.6 Å². The van der Waals surface area contributed by atoms with Crippen LogP contribution >= 0.6 is 0 Å². The lowest BCUT2D eigenvalue weighted by Gasteiger charge is -2.04. The van der Waals surface area contributed by atoms with Crippen LogP contribution in [-0.2, 0) is 4.74 Å². The molecule has 252 valence electrons. The van der Waals surface area contributed by atoms with Crippen LogP contribution in [0, 0.1) is 0 Å². The molecule has 0 aliphatic carbocycles. The summed E-state index contributed by atoms with van der Waals surface area (Å²) in [6, 6.07) is 16.7. The summed E-state index contributed by atoms with van der Waals surface area (Å²) in [6.45, 7) is 4.55. The molecule has 0 radical (unpaired) electrons. The number of ether oxygens (including phenoxy) is 1. The second-order valence-corrected chi connectivity index (χ2v) is 8.89. The number of benzene rings is 4. The molecule has 0 atom stereocenters. The summed E-state index contributed by atoms with van der Waals surface area (Å²) in [5.41, 5.74) is 5.06. The molecule has 4 aromatic rings. The largest absolute Gasteiger partial charge is 0.504 e. The normalized spacial score (nSPS) is 9.34. The van der Waals surface area contributed by atoms with Gasteiger partial charge in [0.05, 0.1) is 23.3 Å². The minimum atomic E-state index is -0.765. The van der Waals surface area contributed by atoms with E-state index in [9.17, 15) is 24.3 Å². The molecule has 0 saturated carbocycles. The SMILES string of the molecule is C.CC(=O)c1cccc(O)c1O.CC(=O)c1cccc(O)c1O.CCOC(=O)c1cccc(O)c1O.NC(=O)c1cccc(O)c1O. The molecule has 0 unspecified atom stereocenters. The Hall–Kier alpha value is -6.44. The Morgan fingerprint density at radius 3 is 1.06 bits per heavy atom. The Morgan fingerprint density at radius 2 is 0.809 bits per heavy atom. The van der Waals surface area contributed by atoms with Gasteiger partial charge < -0.3 is 51.3 Å². The fraction of sp³-hybridized carbons (Fsp3) is 0.152. The topological polar surface area (TPSA) is 265 Å². The number of rotatable bonds is 5. The molecule has 4 aromatic carbocycles. The highest BCUT2D eigenvalue weighted by molar-refractivity contribution is 5.98. The number of phenols is 8. The molecule has 0 aliphatic rings. The van der Waals surface area contributed by atoms with Crippen molar-refractivity contribution in [1.29, 1.82) is 0 Å². The van der Waals surface area contributed by atoms with Gasteiger partial charge in [0.15, 0.2) is 57.6 Å². The Balaban J connectivity index is 0.000000598. The van der Waals surface area contributed by atoms with Crippen LogP contribution in [0.2, 0.25) is 0 Å². The number of carbonyl (C=O) groups excluding carboxylic acids is 4. The van der Waals surface area contributed by atoms with Gasteiger partial charge in [0.25, 0.3) is 5.91 Å². The zero-order valence-electron chi connectivity index (χ0n) is 24.8. The third-order valence-electron chi connectivity index (χ3n) is 5.58. The maximum atomic E-state index is 11.1. The van der Waals surface area contributed by atoms with Crippen molar-refractivity contribution in [3.8, 4) is 46.0 Å². The average Bonchev–Trinajstić information content (AvgIpc) is 2.99. The lowest BCUT2D eigenvalue weighted by Crippen LogP contribution is -2.10. The number of carbonyl (C=O) groups is 4. The van der Waals surface area contributed by atoms with Gasteiger partial charge in [0, 0.05) is 0 Å². The molecular weight excluding hydrogens is 618 g/mol. The summed E-state index contributed by atoms with van der Waals surface area (Å²) in [7, 11) is 0. The lowest BCUT2D eigenvalue weighted by molar-refractivity contribution is 0.0521. The molecule has 0 fully saturated rings. The summed E-state index contributed by atoms with van der Waals surface area (Å²) < 4.78 is 4.65. The van der Waals surface area contributed by atoms with Crippen LogP contribution in [0.4, 0.5) is 0 Å².